The van der Waals surface area contributed by atoms with E-state index in [2.05, 4.69) is 33.8 Å². The van der Waals surface area contributed by atoms with Crippen LogP contribution in [0, 0.1) is 0 Å². The number of fused-ring (bicyclic) bond motifs is 1. The summed E-state index contributed by atoms with van der Waals surface area (Å²) in [6.07, 6.45) is 1.82. The van der Waals surface area contributed by atoms with E-state index in [1.807, 2.05) is 24.4 Å². The molecule has 1 aliphatic rings. The maximum atomic E-state index is 5.87. The van der Waals surface area contributed by atoms with E-state index in [9.17, 15) is 0 Å². The van der Waals surface area contributed by atoms with Crippen LogP contribution >= 0.6 is 0 Å². The van der Waals surface area contributed by atoms with Crippen LogP contribution in [0.15, 0.2) is 36.5 Å². The Bertz CT molecular complexity index is 579. The Kier molecular flexibility index (Phi) is 4.68. The number of likely N-dealkylation sites (N-methyl/N-ethyl adjacent to an activating group) is 1. The zero-order valence-corrected chi connectivity index (χ0v) is 12.7. The highest BCUT2D eigenvalue weighted by molar-refractivity contribution is 5.79. The van der Waals surface area contributed by atoms with Crippen LogP contribution in [0.4, 0.5) is 0 Å². The van der Waals surface area contributed by atoms with E-state index < -0.39 is 0 Å². The molecule has 0 amide bonds. The molecule has 0 radical (unpaired) electrons. The smallest absolute Gasteiger partial charge is 0.121 e. The van der Waals surface area contributed by atoms with E-state index in [4.69, 9.17) is 4.74 Å². The third-order valence-electron chi connectivity index (χ3n) is 4.17. The van der Waals surface area contributed by atoms with Crippen LogP contribution in [-0.4, -0.2) is 60.7 Å². The number of hydrogen-bond acceptors (Lipinski definition) is 4. The molecule has 4 nitrogen and oxygen atoms in total. The number of piperazine rings is 1. The molecule has 0 unspecified atom stereocenters. The average Bonchev–Trinajstić information content (AvgIpc) is 2.55. The maximum Gasteiger partial charge on any atom is 0.121 e. The van der Waals surface area contributed by atoms with Crippen molar-refractivity contribution < 1.29 is 4.74 Å². The van der Waals surface area contributed by atoms with Gasteiger partial charge in [0.15, 0.2) is 0 Å². The summed E-state index contributed by atoms with van der Waals surface area (Å²) >= 11 is 0. The van der Waals surface area contributed by atoms with Crippen molar-refractivity contribution in [3.8, 4) is 5.75 Å². The third kappa shape index (κ3) is 3.71. The lowest BCUT2D eigenvalue weighted by molar-refractivity contribution is 0.121. The lowest BCUT2D eigenvalue weighted by Gasteiger charge is -2.33. The van der Waals surface area contributed by atoms with Crippen molar-refractivity contribution in [2.45, 2.75) is 6.92 Å². The normalized spacial score (nSPS) is 17.2. The van der Waals surface area contributed by atoms with Gasteiger partial charge in [0.2, 0.25) is 0 Å². The minimum Gasteiger partial charge on any atom is -0.492 e. The molecule has 1 aliphatic heterocycles. The Balaban J connectivity index is 1.48. The number of aromatic nitrogens is 1. The minimum absolute atomic E-state index is 0.741. The Hall–Kier alpha value is -1.65. The molecule has 0 spiro atoms. The van der Waals surface area contributed by atoms with E-state index in [-0.39, 0.29) is 0 Å². The van der Waals surface area contributed by atoms with Gasteiger partial charge in [0.25, 0.3) is 0 Å². The molecular formula is C17H23N3O. The van der Waals surface area contributed by atoms with Crippen molar-refractivity contribution in [2.24, 2.45) is 0 Å². The molecular weight excluding hydrogens is 262 g/mol. The summed E-state index contributed by atoms with van der Waals surface area (Å²) in [4.78, 5) is 9.33. The van der Waals surface area contributed by atoms with Crippen LogP contribution in [-0.2, 0) is 0 Å². The number of ether oxygens (including phenoxy) is 1. The second-order valence-corrected chi connectivity index (χ2v) is 5.48. The first-order chi connectivity index (χ1) is 10.3. The number of nitrogens with zero attached hydrogens (tertiary/aromatic N) is 3. The maximum absolute atomic E-state index is 5.87. The molecule has 21 heavy (non-hydrogen) atoms. The molecule has 1 aromatic heterocycles. The quantitative estimate of drug-likeness (QED) is 0.842. The van der Waals surface area contributed by atoms with Gasteiger partial charge in [0, 0.05) is 50.4 Å². The minimum atomic E-state index is 0.741. The van der Waals surface area contributed by atoms with Crippen LogP contribution < -0.4 is 4.74 Å². The second-order valence-electron chi connectivity index (χ2n) is 5.48. The summed E-state index contributed by atoms with van der Waals surface area (Å²) in [5, 5.41) is 1.15. The van der Waals surface area contributed by atoms with E-state index >= 15 is 0 Å². The monoisotopic (exact) mass is 285 g/mol. The van der Waals surface area contributed by atoms with Gasteiger partial charge in [0.1, 0.15) is 12.4 Å². The van der Waals surface area contributed by atoms with Gasteiger partial charge < -0.3 is 9.64 Å². The Morgan fingerprint density at radius 3 is 2.71 bits per heavy atom. The average molecular weight is 285 g/mol. The molecule has 1 fully saturated rings. The van der Waals surface area contributed by atoms with Crippen LogP contribution in [0.2, 0.25) is 0 Å². The Labute approximate surface area is 126 Å². The predicted octanol–water partition coefficient (Wildman–Crippen LogP) is 2.25. The SMILES string of the molecule is CCN1CCN(CCOc2ccc3cccnc3c2)CC1. The summed E-state index contributed by atoms with van der Waals surface area (Å²) in [5.41, 5.74) is 0.992. The van der Waals surface area contributed by atoms with Crippen LogP contribution in [0.5, 0.6) is 5.75 Å². The summed E-state index contributed by atoms with van der Waals surface area (Å²) in [7, 11) is 0. The highest BCUT2D eigenvalue weighted by Crippen LogP contribution is 2.18. The van der Waals surface area contributed by atoms with Crippen molar-refractivity contribution in [3.63, 3.8) is 0 Å². The van der Waals surface area contributed by atoms with Gasteiger partial charge in [-0.05, 0) is 24.7 Å². The van der Waals surface area contributed by atoms with Gasteiger partial charge in [-0.25, -0.2) is 0 Å². The number of benzene rings is 1. The molecule has 1 saturated heterocycles. The van der Waals surface area contributed by atoms with Crippen molar-refractivity contribution in [3.05, 3.63) is 36.5 Å². The molecule has 0 saturated carbocycles. The predicted molar refractivity (Wildman–Crippen MR) is 85.8 cm³/mol. The molecule has 0 atom stereocenters. The van der Waals surface area contributed by atoms with Gasteiger partial charge in [-0.3, -0.25) is 9.88 Å². The molecule has 112 valence electrons. The van der Waals surface area contributed by atoms with Crippen molar-refractivity contribution in [1.29, 1.82) is 0 Å². The highest BCUT2D eigenvalue weighted by atomic mass is 16.5. The molecule has 0 bridgehead atoms. The van der Waals surface area contributed by atoms with Crippen LogP contribution in [0.25, 0.3) is 10.9 Å². The summed E-state index contributed by atoms with van der Waals surface area (Å²) < 4.78 is 5.87. The van der Waals surface area contributed by atoms with Crippen molar-refractivity contribution in [2.75, 3.05) is 45.9 Å². The lowest BCUT2D eigenvalue weighted by atomic mass is 10.2. The molecule has 2 heterocycles. The number of pyridine rings is 1. The summed E-state index contributed by atoms with van der Waals surface area (Å²) in [6.45, 7) is 9.78. The van der Waals surface area contributed by atoms with E-state index in [1.165, 1.54) is 13.1 Å². The van der Waals surface area contributed by atoms with Gasteiger partial charge in [0.05, 0.1) is 5.52 Å². The zero-order valence-electron chi connectivity index (χ0n) is 12.7. The largest absolute Gasteiger partial charge is 0.492 e. The van der Waals surface area contributed by atoms with Gasteiger partial charge in [-0.15, -0.1) is 0 Å². The fourth-order valence-electron chi connectivity index (χ4n) is 2.76. The first-order valence-electron chi connectivity index (χ1n) is 7.77. The van der Waals surface area contributed by atoms with Crippen molar-refractivity contribution in [1.82, 2.24) is 14.8 Å². The van der Waals surface area contributed by atoms with Crippen molar-refractivity contribution >= 4 is 10.9 Å². The molecule has 4 heteroatoms. The molecule has 1 aromatic carbocycles. The first-order valence-corrected chi connectivity index (χ1v) is 7.77. The third-order valence-corrected chi connectivity index (χ3v) is 4.17. The van der Waals surface area contributed by atoms with Gasteiger partial charge in [-0.2, -0.15) is 0 Å². The molecule has 0 aliphatic carbocycles. The number of hydrogen-bond donors (Lipinski definition) is 0. The van der Waals surface area contributed by atoms with Crippen LogP contribution in [0.3, 0.4) is 0 Å². The van der Waals surface area contributed by atoms with Gasteiger partial charge >= 0.3 is 0 Å². The van der Waals surface area contributed by atoms with E-state index in [0.717, 1.165) is 49.4 Å². The van der Waals surface area contributed by atoms with Gasteiger partial charge in [-0.1, -0.05) is 13.0 Å². The van der Waals surface area contributed by atoms with E-state index in [0.29, 0.717) is 0 Å². The Morgan fingerprint density at radius 2 is 1.90 bits per heavy atom. The fourth-order valence-corrected chi connectivity index (χ4v) is 2.76. The number of rotatable bonds is 5. The highest BCUT2D eigenvalue weighted by Gasteiger charge is 2.14. The second kappa shape index (κ2) is 6.87. The molecule has 0 N–H and O–H groups in total. The topological polar surface area (TPSA) is 28.6 Å². The molecule has 2 aromatic rings. The Morgan fingerprint density at radius 1 is 1.10 bits per heavy atom. The fraction of sp³-hybridized carbons (Fsp3) is 0.471. The summed E-state index contributed by atoms with van der Waals surface area (Å²) in [6, 6.07) is 10.1. The standard InChI is InChI=1S/C17H23N3O/c1-2-19-8-10-20(11-9-19)12-13-21-16-6-5-15-4-3-7-18-17(15)14-16/h3-7,14H,2,8-13H2,1H3. The molecule has 3 rings (SSSR count). The first kappa shape index (κ1) is 14.3. The van der Waals surface area contributed by atoms with E-state index in [1.54, 1.807) is 0 Å². The lowest BCUT2D eigenvalue weighted by Crippen LogP contribution is -2.47. The van der Waals surface area contributed by atoms with Crippen LogP contribution in [0.1, 0.15) is 6.92 Å². The zero-order chi connectivity index (χ0) is 14.5. The summed E-state index contributed by atoms with van der Waals surface area (Å²) in [5.74, 6) is 0.911.